The lowest BCUT2D eigenvalue weighted by Gasteiger charge is -2.16. The van der Waals surface area contributed by atoms with E-state index in [9.17, 15) is 4.79 Å². The smallest absolute Gasteiger partial charge is 0.227 e. The Balaban J connectivity index is 0.00000280. The summed E-state index contributed by atoms with van der Waals surface area (Å²) in [5.74, 6) is 1.02. The SMILES string of the molecule is CCNC(=NCc1ccc(N2CCCC2=O)cc1)NCCc1cnn(C)c1.I. The summed E-state index contributed by atoms with van der Waals surface area (Å²) < 4.78 is 1.81. The highest BCUT2D eigenvalue weighted by Gasteiger charge is 2.21. The first-order chi connectivity index (χ1) is 13.2. The van der Waals surface area contributed by atoms with Crippen LogP contribution in [0.25, 0.3) is 0 Å². The van der Waals surface area contributed by atoms with Crippen LogP contribution in [0.3, 0.4) is 0 Å². The second-order valence-electron chi connectivity index (χ2n) is 6.71. The predicted molar refractivity (Wildman–Crippen MR) is 123 cm³/mol. The molecular weight excluding hydrogens is 467 g/mol. The standard InChI is InChI=1S/C20H28N6O.HI/c1-3-21-20(22-11-10-17-14-24-25(2)15-17)23-13-16-6-8-18(9-7-16)26-12-4-5-19(26)27;/h6-9,14-15H,3-5,10-13H2,1-2H3,(H2,21,22,23);1H. The molecule has 1 aromatic carbocycles. The molecule has 7 nitrogen and oxygen atoms in total. The van der Waals surface area contributed by atoms with Crippen molar-refractivity contribution >= 4 is 41.5 Å². The molecule has 1 aliphatic heterocycles. The zero-order valence-electron chi connectivity index (χ0n) is 16.5. The zero-order valence-corrected chi connectivity index (χ0v) is 18.8. The van der Waals surface area contributed by atoms with E-state index in [4.69, 9.17) is 0 Å². The fourth-order valence-electron chi connectivity index (χ4n) is 3.14. The van der Waals surface area contributed by atoms with Gasteiger partial charge in [0.1, 0.15) is 0 Å². The molecule has 0 bridgehead atoms. The number of nitrogens with one attached hydrogen (secondary N) is 2. The van der Waals surface area contributed by atoms with Crippen LogP contribution in [-0.2, 0) is 24.8 Å². The monoisotopic (exact) mass is 496 g/mol. The Labute approximate surface area is 183 Å². The summed E-state index contributed by atoms with van der Waals surface area (Å²) in [6, 6.07) is 8.11. The van der Waals surface area contributed by atoms with Gasteiger partial charge >= 0.3 is 0 Å². The summed E-state index contributed by atoms with van der Waals surface area (Å²) >= 11 is 0. The highest BCUT2D eigenvalue weighted by molar-refractivity contribution is 14.0. The van der Waals surface area contributed by atoms with Crippen molar-refractivity contribution in [2.24, 2.45) is 12.0 Å². The van der Waals surface area contributed by atoms with Crippen LogP contribution in [0.4, 0.5) is 5.69 Å². The van der Waals surface area contributed by atoms with Crippen molar-refractivity contribution in [2.45, 2.75) is 32.7 Å². The number of amides is 1. The fourth-order valence-corrected chi connectivity index (χ4v) is 3.14. The molecule has 3 rings (SSSR count). The molecule has 2 heterocycles. The molecular formula is C20H29IN6O. The molecule has 2 aromatic rings. The molecule has 0 atom stereocenters. The molecule has 1 aromatic heterocycles. The molecule has 152 valence electrons. The van der Waals surface area contributed by atoms with Crippen LogP contribution in [0.1, 0.15) is 30.9 Å². The second-order valence-corrected chi connectivity index (χ2v) is 6.71. The summed E-state index contributed by atoms with van der Waals surface area (Å²) in [6.07, 6.45) is 6.41. The molecule has 1 saturated heterocycles. The molecule has 1 aliphatic rings. The average Bonchev–Trinajstić information content (AvgIpc) is 3.28. The second kappa shape index (κ2) is 11.0. The maximum atomic E-state index is 11.8. The van der Waals surface area contributed by atoms with Crippen LogP contribution >= 0.6 is 24.0 Å². The van der Waals surface area contributed by atoms with E-state index < -0.39 is 0 Å². The number of carbonyl (C=O) groups excluding carboxylic acids is 1. The highest BCUT2D eigenvalue weighted by atomic mass is 127. The molecule has 0 saturated carbocycles. The number of hydrogen-bond acceptors (Lipinski definition) is 3. The number of aromatic nitrogens is 2. The molecule has 0 radical (unpaired) electrons. The first-order valence-electron chi connectivity index (χ1n) is 9.54. The molecule has 0 unspecified atom stereocenters. The Hall–Kier alpha value is -2.10. The first kappa shape index (κ1) is 22.2. The Bertz CT molecular complexity index is 786. The fraction of sp³-hybridized carbons (Fsp3) is 0.450. The van der Waals surface area contributed by atoms with Crippen LogP contribution in [0.2, 0.25) is 0 Å². The van der Waals surface area contributed by atoms with Gasteiger partial charge in [0.05, 0.1) is 12.7 Å². The van der Waals surface area contributed by atoms with Crippen molar-refractivity contribution in [1.29, 1.82) is 0 Å². The normalized spacial score (nSPS) is 14.1. The van der Waals surface area contributed by atoms with Gasteiger partial charge in [0.2, 0.25) is 5.91 Å². The molecule has 0 spiro atoms. The quantitative estimate of drug-likeness (QED) is 0.351. The van der Waals surface area contributed by atoms with E-state index in [2.05, 4.69) is 27.6 Å². The van der Waals surface area contributed by atoms with E-state index in [1.54, 1.807) is 0 Å². The van der Waals surface area contributed by atoms with Crippen molar-refractivity contribution in [1.82, 2.24) is 20.4 Å². The minimum absolute atomic E-state index is 0. The van der Waals surface area contributed by atoms with Gasteiger partial charge in [-0.25, -0.2) is 4.99 Å². The van der Waals surface area contributed by atoms with Crippen LogP contribution in [0.5, 0.6) is 0 Å². The summed E-state index contributed by atoms with van der Waals surface area (Å²) in [4.78, 5) is 18.3. The van der Waals surface area contributed by atoms with Crippen LogP contribution in [0, 0.1) is 0 Å². The van der Waals surface area contributed by atoms with E-state index in [1.165, 1.54) is 5.56 Å². The Morgan fingerprint density at radius 3 is 2.61 bits per heavy atom. The zero-order chi connectivity index (χ0) is 19.1. The average molecular weight is 496 g/mol. The lowest BCUT2D eigenvalue weighted by Crippen LogP contribution is -2.38. The van der Waals surface area contributed by atoms with Crippen molar-refractivity contribution < 1.29 is 4.79 Å². The van der Waals surface area contributed by atoms with Gasteiger partial charge in [0.25, 0.3) is 0 Å². The van der Waals surface area contributed by atoms with Gasteiger partial charge in [-0.05, 0) is 43.0 Å². The van der Waals surface area contributed by atoms with Gasteiger partial charge in [0, 0.05) is 45.0 Å². The minimum Gasteiger partial charge on any atom is -0.357 e. The largest absolute Gasteiger partial charge is 0.357 e. The molecule has 8 heteroatoms. The van der Waals surface area contributed by atoms with Crippen molar-refractivity contribution in [2.75, 3.05) is 24.5 Å². The van der Waals surface area contributed by atoms with E-state index >= 15 is 0 Å². The lowest BCUT2D eigenvalue weighted by atomic mass is 10.2. The third kappa shape index (κ3) is 6.22. The van der Waals surface area contributed by atoms with E-state index in [0.717, 1.165) is 49.7 Å². The number of hydrogen-bond donors (Lipinski definition) is 2. The Morgan fingerprint density at radius 2 is 2.00 bits per heavy atom. The summed E-state index contributed by atoms with van der Waals surface area (Å²) in [7, 11) is 1.92. The molecule has 1 fully saturated rings. The molecule has 0 aliphatic carbocycles. The van der Waals surface area contributed by atoms with Gasteiger partial charge in [-0.3, -0.25) is 9.48 Å². The summed E-state index contributed by atoms with van der Waals surface area (Å²) in [5.41, 5.74) is 3.30. The summed E-state index contributed by atoms with van der Waals surface area (Å²) in [6.45, 7) is 5.08. The number of aliphatic imine (C=N–C) groups is 1. The Kier molecular flexibility index (Phi) is 8.75. The van der Waals surface area contributed by atoms with Crippen LogP contribution < -0.4 is 15.5 Å². The van der Waals surface area contributed by atoms with Gasteiger partial charge in [-0.2, -0.15) is 5.10 Å². The Morgan fingerprint density at radius 1 is 1.21 bits per heavy atom. The van der Waals surface area contributed by atoms with E-state index in [1.807, 2.05) is 53.3 Å². The summed E-state index contributed by atoms with van der Waals surface area (Å²) in [5, 5.41) is 10.8. The predicted octanol–water partition coefficient (Wildman–Crippen LogP) is 2.46. The first-order valence-corrected chi connectivity index (χ1v) is 9.54. The molecule has 2 N–H and O–H groups in total. The van der Waals surface area contributed by atoms with Crippen molar-refractivity contribution in [3.63, 3.8) is 0 Å². The van der Waals surface area contributed by atoms with Crippen LogP contribution in [-0.4, -0.2) is 41.3 Å². The number of rotatable bonds is 7. The maximum Gasteiger partial charge on any atom is 0.227 e. The number of nitrogens with zero attached hydrogens (tertiary/aromatic N) is 4. The van der Waals surface area contributed by atoms with Gasteiger partial charge < -0.3 is 15.5 Å². The molecule has 28 heavy (non-hydrogen) atoms. The topological polar surface area (TPSA) is 74.6 Å². The number of aryl methyl sites for hydroxylation is 1. The van der Waals surface area contributed by atoms with E-state index in [0.29, 0.717) is 13.0 Å². The van der Waals surface area contributed by atoms with Gasteiger partial charge in [-0.1, -0.05) is 12.1 Å². The molecule has 1 amide bonds. The third-order valence-corrected chi connectivity index (χ3v) is 4.55. The minimum atomic E-state index is 0. The maximum absolute atomic E-state index is 11.8. The number of benzene rings is 1. The lowest BCUT2D eigenvalue weighted by molar-refractivity contribution is -0.117. The number of carbonyl (C=O) groups is 1. The highest BCUT2D eigenvalue weighted by Crippen LogP contribution is 2.21. The van der Waals surface area contributed by atoms with Gasteiger partial charge in [0.15, 0.2) is 5.96 Å². The van der Waals surface area contributed by atoms with E-state index in [-0.39, 0.29) is 29.9 Å². The number of halogens is 1. The third-order valence-electron chi connectivity index (χ3n) is 4.55. The van der Waals surface area contributed by atoms with Gasteiger partial charge in [-0.15, -0.1) is 24.0 Å². The van der Waals surface area contributed by atoms with Crippen LogP contribution in [0.15, 0.2) is 41.7 Å². The number of anilines is 1. The van der Waals surface area contributed by atoms with Crippen molar-refractivity contribution in [3.8, 4) is 0 Å². The van der Waals surface area contributed by atoms with Crippen molar-refractivity contribution in [3.05, 3.63) is 47.8 Å². The number of guanidine groups is 1.